The van der Waals surface area contributed by atoms with Crippen LogP contribution in [-0.2, 0) is 20.3 Å². The molecule has 3 rings (SSSR count). The monoisotopic (exact) mass is 410 g/mol. The SMILES string of the molecule is O=S(=O)(O)CCC#CCN1c2ccccc2N(c2ccccc2F)S1(=O)=O. The van der Waals surface area contributed by atoms with Gasteiger partial charge in [0, 0.05) is 6.42 Å². The number of fused-ring (bicyclic) bond motifs is 1. The quantitative estimate of drug-likeness (QED) is 0.617. The molecule has 7 nitrogen and oxygen atoms in total. The van der Waals surface area contributed by atoms with Crippen molar-refractivity contribution in [3.63, 3.8) is 0 Å². The third kappa shape index (κ3) is 3.90. The normalized spacial score (nSPS) is 15.2. The molecule has 0 spiro atoms. The van der Waals surface area contributed by atoms with Crippen LogP contribution in [-0.4, -0.2) is 33.7 Å². The summed E-state index contributed by atoms with van der Waals surface area (Å²) in [5.41, 5.74) is 0.527. The Labute approximate surface area is 157 Å². The minimum atomic E-state index is -4.13. The van der Waals surface area contributed by atoms with Crippen molar-refractivity contribution in [1.29, 1.82) is 0 Å². The van der Waals surface area contributed by atoms with Gasteiger partial charge in [-0.1, -0.05) is 30.2 Å². The summed E-state index contributed by atoms with van der Waals surface area (Å²) in [6.45, 7) is -0.240. The number of nitrogens with zero attached hydrogens (tertiary/aromatic N) is 2. The molecule has 0 bridgehead atoms. The van der Waals surface area contributed by atoms with Gasteiger partial charge >= 0.3 is 10.2 Å². The van der Waals surface area contributed by atoms with Gasteiger partial charge in [-0.15, -0.1) is 5.92 Å². The fourth-order valence-electron chi connectivity index (χ4n) is 2.63. The molecule has 27 heavy (non-hydrogen) atoms. The van der Waals surface area contributed by atoms with Crippen LogP contribution >= 0.6 is 0 Å². The molecule has 0 unspecified atom stereocenters. The second-order valence-electron chi connectivity index (χ2n) is 5.61. The Hall–Kier alpha value is -2.61. The number of para-hydroxylation sites is 3. The zero-order chi connectivity index (χ0) is 19.7. The van der Waals surface area contributed by atoms with Gasteiger partial charge in [-0.05, 0) is 24.3 Å². The lowest BCUT2D eigenvalue weighted by Gasteiger charge is -2.20. The largest absolute Gasteiger partial charge is 0.331 e. The maximum Gasteiger partial charge on any atom is 0.331 e. The minimum absolute atomic E-state index is 0.105. The average molecular weight is 410 g/mol. The topological polar surface area (TPSA) is 95.0 Å². The molecule has 142 valence electrons. The van der Waals surface area contributed by atoms with Gasteiger partial charge in [-0.25, -0.2) is 13.0 Å². The molecule has 1 aliphatic heterocycles. The third-order valence-electron chi connectivity index (χ3n) is 3.78. The molecule has 0 fully saturated rings. The van der Waals surface area contributed by atoms with Gasteiger partial charge < -0.3 is 0 Å². The standard InChI is InChI=1S/C17H15FN2O5S2/c18-14-8-2-3-9-15(14)20-17-11-5-4-10-16(17)19(27(20,24)25)12-6-1-7-13-26(21,22)23/h2-5,8-11H,7,12-13H2,(H,21,22,23). The highest BCUT2D eigenvalue weighted by Crippen LogP contribution is 2.45. The van der Waals surface area contributed by atoms with Gasteiger partial charge in [0.05, 0.1) is 29.4 Å². The molecule has 0 atom stereocenters. The van der Waals surface area contributed by atoms with Crippen molar-refractivity contribution in [2.75, 3.05) is 20.9 Å². The zero-order valence-corrected chi connectivity index (χ0v) is 15.5. The van der Waals surface area contributed by atoms with E-state index >= 15 is 0 Å². The Morgan fingerprint density at radius 1 is 0.963 bits per heavy atom. The number of benzene rings is 2. The first-order valence-electron chi connectivity index (χ1n) is 7.79. The van der Waals surface area contributed by atoms with E-state index in [1.165, 1.54) is 24.3 Å². The van der Waals surface area contributed by atoms with Crippen molar-refractivity contribution in [3.8, 4) is 11.8 Å². The Kier molecular flexibility index (Phi) is 5.10. The molecule has 0 radical (unpaired) electrons. The van der Waals surface area contributed by atoms with Crippen LogP contribution in [0.15, 0.2) is 48.5 Å². The fourth-order valence-corrected chi connectivity index (χ4v) is 4.61. The van der Waals surface area contributed by atoms with Crippen molar-refractivity contribution >= 4 is 37.4 Å². The summed E-state index contributed by atoms with van der Waals surface area (Å²) in [6.07, 6.45) is -0.134. The molecule has 0 amide bonds. The molecule has 1 heterocycles. The molecule has 0 saturated carbocycles. The van der Waals surface area contributed by atoms with Crippen molar-refractivity contribution < 1.29 is 25.8 Å². The predicted molar refractivity (Wildman–Crippen MR) is 100 cm³/mol. The highest BCUT2D eigenvalue weighted by Gasteiger charge is 2.41. The summed E-state index contributed by atoms with van der Waals surface area (Å²) in [5, 5.41) is 0. The van der Waals surface area contributed by atoms with E-state index in [0.29, 0.717) is 11.4 Å². The molecular weight excluding hydrogens is 395 g/mol. The maximum atomic E-state index is 14.2. The molecule has 2 aromatic rings. The van der Waals surface area contributed by atoms with Crippen molar-refractivity contribution in [1.82, 2.24) is 0 Å². The first kappa shape index (κ1) is 19.2. The molecular formula is C17H15FN2O5S2. The first-order chi connectivity index (χ1) is 12.7. The molecule has 1 N–H and O–H groups in total. The molecule has 2 aromatic carbocycles. The second kappa shape index (κ2) is 7.19. The van der Waals surface area contributed by atoms with E-state index in [2.05, 4.69) is 11.8 Å². The number of rotatable bonds is 4. The molecule has 0 aromatic heterocycles. The van der Waals surface area contributed by atoms with Gasteiger partial charge in [-0.2, -0.15) is 16.8 Å². The van der Waals surface area contributed by atoms with Crippen LogP contribution in [0, 0.1) is 17.7 Å². The van der Waals surface area contributed by atoms with Crippen LogP contribution in [0.2, 0.25) is 0 Å². The predicted octanol–water partition coefficient (Wildman–Crippen LogP) is 2.31. The molecule has 1 aliphatic rings. The lowest BCUT2D eigenvalue weighted by molar-refractivity contribution is 0.483. The maximum absolute atomic E-state index is 14.2. The highest BCUT2D eigenvalue weighted by molar-refractivity contribution is 7.95. The summed E-state index contributed by atoms with van der Waals surface area (Å²) >= 11 is 0. The number of halogens is 1. The van der Waals surface area contributed by atoms with Crippen molar-refractivity contribution in [2.24, 2.45) is 0 Å². The summed E-state index contributed by atoms with van der Waals surface area (Å²) in [7, 11) is -8.25. The van der Waals surface area contributed by atoms with Gasteiger partial charge in [-0.3, -0.25) is 4.55 Å². The van der Waals surface area contributed by atoms with Crippen molar-refractivity contribution in [3.05, 3.63) is 54.3 Å². The molecule has 10 heteroatoms. The van der Waals surface area contributed by atoms with E-state index in [9.17, 15) is 21.2 Å². The first-order valence-corrected chi connectivity index (χ1v) is 10.8. The Morgan fingerprint density at radius 3 is 2.19 bits per heavy atom. The van der Waals surface area contributed by atoms with Gasteiger partial charge in [0.2, 0.25) is 0 Å². The van der Waals surface area contributed by atoms with Gasteiger partial charge in [0.1, 0.15) is 5.82 Å². The fraction of sp³-hybridized carbons (Fsp3) is 0.176. The summed E-state index contributed by atoms with van der Waals surface area (Å²) in [5.74, 6) is 3.88. The lowest BCUT2D eigenvalue weighted by atomic mass is 10.2. The van der Waals surface area contributed by atoms with E-state index in [1.54, 1.807) is 24.3 Å². The number of hydrogen-bond acceptors (Lipinski definition) is 4. The zero-order valence-electron chi connectivity index (χ0n) is 13.9. The average Bonchev–Trinajstić information content (AvgIpc) is 2.81. The van der Waals surface area contributed by atoms with E-state index in [0.717, 1.165) is 8.61 Å². The van der Waals surface area contributed by atoms with Crippen LogP contribution in [0.25, 0.3) is 0 Å². The van der Waals surface area contributed by atoms with Crippen LogP contribution in [0.1, 0.15) is 6.42 Å². The summed E-state index contributed by atoms with van der Waals surface area (Å²) < 4.78 is 72.2. The van der Waals surface area contributed by atoms with E-state index in [-0.39, 0.29) is 18.7 Å². The Morgan fingerprint density at radius 2 is 1.56 bits per heavy atom. The highest BCUT2D eigenvalue weighted by atomic mass is 32.2. The van der Waals surface area contributed by atoms with Gasteiger partial charge in [0.15, 0.2) is 0 Å². The molecule has 0 aliphatic carbocycles. The summed E-state index contributed by atoms with van der Waals surface area (Å²) in [4.78, 5) is 0. The second-order valence-corrected chi connectivity index (χ2v) is 8.88. The Bertz CT molecular complexity index is 1140. The van der Waals surface area contributed by atoms with Gasteiger partial charge in [0.25, 0.3) is 10.1 Å². The van der Waals surface area contributed by atoms with Crippen LogP contribution in [0.5, 0.6) is 0 Å². The smallest absolute Gasteiger partial charge is 0.286 e. The van der Waals surface area contributed by atoms with Crippen molar-refractivity contribution in [2.45, 2.75) is 6.42 Å². The third-order valence-corrected chi connectivity index (χ3v) is 6.24. The minimum Gasteiger partial charge on any atom is -0.286 e. The summed E-state index contributed by atoms with van der Waals surface area (Å²) in [6, 6.07) is 12.0. The number of anilines is 3. The van der Waals surface area contributed by atoms with E-state index < -0.39 is 31.9 Å². The molecule has 0 saturated heterocycles. The van der Waals surface area contributed by atoms with Crippen LogP contribution in [0.3, 0.4) is 0 Å². The lowest BCUT2D eigenvalue weighted by Crippen LogP contribution is -2.36. The van der Waals surface area contributed by atoms with Crippen LogP contribution < -0.4 is 8.61 Å². The van der Waals surface area contributed by atoms with Crippen LogP contribution in [0.4, 0.5) is 21.5 Å². The van der Waals surface area contributed by atoms with E-state index in [1.807, 2.05) is 0 Å². The Balaban J connectivity index is 1.95. The number of hydrogen-bond donors (Lipinski definition) is 1. The van der Waals surface area contributed by atoms with E-state index in [4.69, 9.17) is 4.55 Å².